The van der Waals surface area contributed by atoms with Crippen LogP contribution in [0.25, 0.3) is 16.9 Å². The minimum atomic E-state index is -0.695. The van der Waals surface area contributed by atoms with E-state index in [1.54, 1.807) is 10.8 Å². The van der Waals surface area contributed by atoms with E-state index in [4.69, 9.17) is 4.98 Å². The topological polar surface area (TPSA) is 83.4 Å². The van der Waals surface area contributed by atoms with Crippen LogP contribution in [-0.2, 0) is 4.79 Å². The largest absolute Gasteiger partial charge is 0.368 e. The van der Waals surface area contributed by atoms with Crippen molar-refractivity contribution in [2.45, 2.75) is 27.7 Å². The number of nitrogens with zero attached hydrogens (tertiary/aromatic N) is 5. The second-order valence-corrected chi connectivity index (χ2v) is 11.3. The molecule has 0 unspecified atom stereocenters. The molecule has 0 aliphatic carbocycles. The molecule has 0 saturated carbocycles. The molecule has 0 atom stereocenters. The summed E-state index contributed by atoms with van der Waals surface area (Å²) in [5.74, 6) is 0.300. The zero-order valence-corrected chi connectivity index (χ0v) is 25.5. The zero-order chi connectivity index (χ0) is 30.8. The first-order valence-electron chi connectivity index (χ1n) is 14.9. The van der Waals surface area contributed by atoms with Crippen molar-refractivity contribution in [3.8, 4) is 16.9 Å². The standard InChI is InChI=1S/C36H36N6O2/c1-24-22-25(2)38-32(23-24)41-20-18-40(19-21-41)30-15-13-29(14-16-30)39-36(44)35(43)34-33(28-10-6-5-7-11-28)26(3)27(4)42(34)31-12-8-9-17-37-31/h5-17,22-23H,18-21H2,1-4H3,(H,39,44). The van der Waals surface area contributed by atoms with Gasteiger partial charge in [0.2, 0.25) is 0 Å². The second kappa shape index (κ2) is 12.2. The van der Waals surface area contributed by atoms with Crippen molar-refractivity contribution in [3.63, 3.8) is 0 Å². The van der Waals surface area contributed by atoms with Crippen LogP contribution < -0.4 is 15.1 Å². The molecule has 0 spiro atoms. The van der Waals surface area contributed by atoms with Crippen molar-refractivity contribution in [2.24, 2.45) is 0 Å². The summed E-state index contributed by atoms with van der Waals surface area (Å²) in [6.45, 7) is 11.5. The molecule has 6 rings (SSSR count). The number of aryl methyl sites for hydroxylation is 2. The van der Waals surface area contributed by atoms with E-state index in [1.165, 1.54) is 5.56 Å². The Hall–Kier alpha value is -5.24. The van der Waals surface area contributed by atoms with E-state index in [9.17, 15) is 9.59 Å². The number of nitrogens with one attached hydrogen (secondary N) is 1. The summed E-state index contributed by atoms with van der Waals surface area (Å²) in [5.41, 5.74) is 7.58. The van der Waals surface area contributed by atoms with Gasteiger partial charge >= 0.3 is 0 Å². The molecule has 2 aromatic carbocycles. The van der Waals surface area contributed by atoms with Crippen LogP contribution in [0, 0.1) is 27.7 Å². The summed E-state index contributed by atoms with van der Waals surface area (Å²) < 4.78 is 1.79. The third-order valence-corrected chi connectivity index (χ3v) is 8.25. The molecule has 1 N–H and O–H groups in total. The first-order chi connectivity index (χ1) is 21.3. The number of hydrogen-bond donors (Lipinski definition) is 1. The molecule has 0 radical (unpaired) electrons. The Morgan fingerprint density at radius 3 is 2.09 bits per heavy atom. The van der Waals surface area contributed by atoms with E-state index in [1.807, 2.05) is 93.6 Å². The van der Waals surface area contributed by atoms with Gasteiger partial charge < -0.3 is 15.1 Å². The van der Waals surface area contributed by atoms with Gasteiger partial charge in [-0.2, -0.15) is 0 Å². The number of ketones is 1. The molecule has 1 amide bonds. The molecule has 8 nitrogen and oxygen atoms in total. The molecule has 1 aliphatic rings. The highest BCUT2D eigenvalue weighted by Gasteiger charge is 2.30. The highest BCUT2D eigenvalue weighted by atomic mass is 16.2. The van der Waals surface area contributed by atoms with E-state index in [0.717, 1.165) is 65.8 Å². The monoisotopic (exact) mass is 584 g/mol. The molecule has 222 valence electrons. The van der Waals surface area contributed by atoms with Crippen LogP contribution in [0.4, 0.5) is 17.2 Å². The third kappa shape index (κ3) is 5.71. The van der Waals surface area contributed by atoms with Gasteiger partial charge in [-0.05, 0) is 92.9 Å². The summed E-state index contributed by atoms with van der Waals surface area (Å²) in [6, 6.07) is 27.2. The molecular formula is C36H36N6O2. The van der Waals surface area contributed by atoms with Crippen LogP contribution in [0.3, 0.4) is 0 Å². The van der Waals surface area contributed by atoms with Crippen molar-refractivity contribution < 1.29 is 9.59 Å². The molecule has 3 aromatic heterocycles. The lowest BCUT2D eigenvalue weighted by Gasteiger charge is -2.37. The summed E-state index contributed by atoms with van der Waals surface area (Å²) in [5, 5.41) is 2.84. The molecule has 5 aromatic rings. The van der Waals surface area contributed by atoms with E-state index >= 15 is 0 Å². The highest BCUT2D eigenvalue weighted by Crippen LogP contribution is 2.34. The number of benzene rings is 2. The van der Waals surface area contributed by atoms with E-state index in [-0.39, 0.29) is 0 Å². The Bertz CT molecular complexity index is 1720. The number of piperazine rings is 1. The third-order valence-electron chi connectivity index (χ3n) is 8.25. The number of carbonyl (C=O) groups is 2. The molecule has 1 saturated heterocycles. The van der Waals surface area contributed by atoms with Crippen LogP contribution in [0.5, 0.6) is 0 Å². The Balaban J connectivity index is 1.20. The second-order valence-electron chi connectivity index (χ2n) is 11.3. The molecule has 1 fully saturated rings. The normalized spacial score (nSPS) is 13.2. The number of Topliss-reactive ketones (excluding diaryl/α,β-unsaturated/α-hetero) is 1. The van der Waals surface area contributed by atoms with Crippen LogP contribution >= 0.6 is 0 Å². The maximum absolute atomic E-state index is 13.9. The fourth-order valence-electron chi connectivity index (χ4n) is 5.98. The van der Waals surface area contributed by atoms with Gasteiger partial charge in [0.25, 0.3) is 11.7 Å². The number of rotatable bonds is 7. The Labute approximate surface area is 258 Å². The Kier molecular flexibility index (Phi) is 7.98. The Morgan fingerprint density at radius 1 is 0.750 bits per heavy atom. The van der Waals surface area contributed by atoms with Crippen LogP contribution in [-0.4, -0.2) is 52.4 Å². The predicted molar refractivity (Wildman–Crippen MR) is 176 cm³/mol. The number of anilines is 3. The maximum Gasteiger partial charge on any atom is 0.298 e. The molecule has 44 heavy (non-hydrogen) atoms. The lowest BCUT2D eigenvalue weighted by molar-refractivity contribution is -0.112. The van der Waals surface area contributed by atoms with Gasteiger partial charge in [-0.25, -0.2) is 9.97 Å². The summed E-state index contributed by atoms with van der Waals surface area (Å²) >= 11 is 0. The van der Waals surface area contributed by atoms with Crippen molar-refractivity contribution in [3.05, 3.63) is 119 Å². The first kappa shape index (κ1) is 28.9. The van der Waals surface area contributed by atoms with E-state index < -0.39 is 11.7 Å². The SMILES string of the molecule is Cc1cc(C)nc(N2CCN(c3ccc(NC(=O)C(=O)c4c(-c5ccccc5)c(C)c(C)n4-c4ccccn4)cc3)CC2)c1. The molecule has 8 heteroatoms. The van der Waals surface area contributed by atoms with Crippen LogP contribution in [0.1, 0.15) is 33.0 Å². The molecular weight excluding hydrogens is 548 g/mol. The fourth-order valence-corrected chi connectivity index (χ4v) is 5.98. The number of aromatic nitrogens is 3. The van der Waals surface area contributed by atoms with Gasteiger partial charge in [0.1, 0.15) is 17.3 Å². The average Bonchev–Trinajstić information content (AvgIpc) is 3.31. The lowest BCUT2D eigenvalue weighted by atomic mass is 9.99. The van der Waals surface area contributed by atoms with Gasteiger partial charge in [0.15, 0.2) is 0 Å². The highest BCUT2D eigenvalue weighted by molar-refractivity contribution is 6.47. The zero-order valence-electron chi connectivity index (χ0n) is 25.5. The average molecular weight is 585 g/mol. The Morgan fingerprint density at radius 2 is 1.43 bits per heavy atom. The number of pyridine rings is 2. The summed E-state index contributed by atoms with van der Waals surface area (Å²) in [4.78, 5) is 41.3. The molecule has 0 bridgehead atoms. The van der Waals surface area contributed by atoms with E-state index in [2.05, 4.69) is 39.2 Å². The van der Waals surface area contributed by atoms with Crippen molar-refractivity contribution in [1.29, 1.82) is 0 Å². The number of amides is 1. The minimum absolute atomic E-state index is 0.301. The predicted octanol–water partition coefficient (Wildman–Crippen LogP) is 6.32. The van der Waals surface area contributed by atoms with Crippen LogP contribution in [0.15, 0.2) is 91.1 Å². The maximum atomic E-state index is 13.9. The van der Waals surface area contributed by atoms with Crippen molar-refractivity contribution in [1.82, 2.24) is 14.5 Å². The lowest BCUT2D eigenvalue weighted by Crippen LogP contribution is -2.46. The quantitative estimate of drug-likeness (QED) is 0.178. The van der Waals surface area contributed by atoms with Gasteiger partial charge in [0, 0.05) is 60.7 Å². The van der Waals surface area contributed by atoms with Gasteiger partial charge in [0.05, 0.1) is 0 Å². The smallest absolute Gasteiger partial charge is 0.298 e. The summed E-state index contributed by atoms with van der Waals surface area (Å²) in [7, 11) is 0. The van der Waals surface area contributed by atoms with Gasteiger partial charge in [-0.1, -0.05) is 36.4 Å². The minimum Gasteiger partial charge on any atom is -0.368 e. The van der Waals surface area contributed by atoms with Gasteiger partial charge in [-0.15, -0.1) is 0 Å². The van der Waals surface area contributed by atoms with Crippen molar-refractivity contribution >= 4 is 28.9 Å². The van der Waals surface area contributed by atoms with Gasteiger partial charge in [-0.3, -0.25) is 14.2 Å². The van der Waals surface area contributed by atoms with Crippen LogP contribution in [0.2, 0.25) is 0 Å². The number of carbonyl (C=O) groups excluding carboxylic acids is 2. The summed E-state index contributed by atoms with van der Waals surface area (Å²) in [6.07, 6.45) is 1.68. The molecule has 1 aliphatic heterocycles. The molecule has 4 heterocycles. The first-order valence-corrected chi connectivity index (χ1v) is 14.9. The van der Waals surface area contributed by atoms with Crippen molar-refractivity contribution in [2.75, 3.05) is 41.3 Å². The fraction of sp³-hybridized carbons (Fsp3) is 0.222. The van der Waals surface area contributed by atoms with E-state index in [0.29, 0.717) is 17.2 Å². The number of hydrogen-bond acceptors (Lipinski definition) is 6.